The first-order valence-corrected chi connectivity index (χ1v) is 8.75. The molecule has 0 aliphatic rings. The van der Waals surface area contributed by atoms with Crippen molar-refractivity contribution in [1.82, 2.24) is 14.9 Å². The molecule has 5 nitrogen and oxygen atoms in total. The average molecular weight is 357 g/mol. The second-order valence-corrected chi connectivity index (χ2v) is 6.16. The molecule has 0 bridgehead atoms. The fraction of sp³-hybridized carbons (Fsp3) is 0.0909. The molecule has 1 atom stereocenters. The van der Waals surface area contributed by atoms with Crippen molar-refractivity contribution in [2.45, 2.75) is 12.8 Å². The number of nitrogens with zero attached hydrogens (tertiary/aromatic N) is 2. The van der Waals surface area contributed by atoms with E-state index >= 15 is 0 Å². The Morgan fingerprint density at radius 2 is 1.70 bits per heavy atom. The Balaban J connectivity index is 1.58. The third-order valence-corrected chi connectivity index (χ3v) is 4.34. The summed E-state index contributed by atoms with van der Waals surface area (Å²) in [6.45, 7) is 0.221. The number of carbonyl (C=O) groups excluding carboxylic acids is 1. The van der Waals surface area contributed by atoms with E-state index in [1.807, 2.05) is 89.6 Å². The van der Waals surface area contributed by atoms with Gasteiger partial charge >= 0.3 is 6.09 Å². The van der Waals surface area contributed by atoms with Gasteiger partial charge in [-0.15, -0.1) is 0 Å². The number of amides is 1. The monoisotopic (exact) mass is 357 g/mol. The number of alkyl carbamates (subject to hydrolysis) is 1. The molecule has 0 saturated carbocycles. The molecule has 0 aliphatic heterocycles. The third kappa shape index (κ3) is 3.82. The lowest BCUT2D eigenvalue weighted by Gasteiger charge is -2.21. The van der Waals surface area contributed by atoms with Gasteiger partial charge in [-0.3, -0.25) is 5.32 Å². The van der Waals surface area contributed by atoms with Gasteiger partial charge in [-0.25, -0.2) is 9.78 Å². The highest BCUT2D eigenvalue weighted by molar-refractivity contribution is 5.76. The number of benzene rings is 2. The van der Waals surface area contributed by atoms with Gasteiger partial charge in [0.25, 0.3) is 0 Å². The Kier molecular flexibility index (Phi) is 4.83. The van der Waals surface area contributed by atoms with E-state index in [-0.39, 0.29) is 6.61 Å². The Morgan fingerprint density at radius 1 is 0.963 bits per heavy atom. The summed E-state index contributed by atoms with van der Waals surface area (Å²) in [5.74, 6) is 0. The summed E-state index contributed by atoms with van der Waals surface area (Å²) in [7, 11) is 0. The van der Waals surface area contributed by atoms with Crippen molar-refractivity contribution in [2.24, 2.45) is 0 Å². The van der Waals surface area contributed by atoms with E-state index in [9.17, 15) is 4.79 Å². The number of rotatable bonds is 5. The summed E-state index contributed by atoms with van der Waals surface area (Å²) in [4.78, 5) is 16.9. The SMILES string of the molecule is O=C(NC(c1ccccc1)n1ccc2cccnc21)OCc1ccccc1. The second-order valence-electron chi connectivity index (χ2n) is 6.16. The lowest BCUT2D eigenvalue weighted by atomic mass is 10.1. The average Bonchev–Trinajstić information content (AvgIpc) is 3.16. The number of hydrogen-bond donors (Lipinski definition) is 1. The van der Waals surface area contributed by atoms with Crippen molar-refractivity contribution >= 4 is 17.1 Å². The van der Waals surface area contributed by atoms with Crippen molar-refractivity contribution < 1.29 is 9.53 Å². The lowest BCUT2D eigenvalue weighted by Crippen LogP contribution is -2.33. The van der Waals surface area contributed by atoms with Crippen LogP contribution in [-0.4, -0.2) is 15.6 Å². The van der Waals surface area contributed by atoms with E-state index in [0.717, 1.165) is 22.2 Å². The smallest absolute Gasteiger partial charge is 0.409 e. The predicted molar refractivity (Wildman–Crippen MR) is 104 cm³/mol. The third-order valence-electron chi connectivity index (χ3n) is 4.34. The van der Waals surface area contributed by atoms with Crippen molar-refractivity contribution in [3.05, 3.63) is 102 Å². The van der Waals surface area contributed by atoms with Crippen molar-refractivity contribution in [3.8, 4) is 0 Å². The zero-order valence-corrected chi connectivity index (χ0v) is 14.7. The lowest BCUT2D eigenvalue weighted by molar-refractivity contribution is 0.134. The molecule has 4 aromatic rings. The molecular formula is C22H19N3O2. The number of aromatic nitrogens is 2. The Bertz CT molecular complexity index is 1030. The molecule has 1 amide bonds. The molecule has 5 heteroatoms. The predicted octanol–water partition coefficient (Wildman–Crippen LogP) is 4.51. The molecule has 1 unspecified atom stereocenters. The minimum Gasteiger partial charge on any atom is -0.445 e. The number of hydrogen-bond acceptors (Lipinski definition) is 3. The summed E-state index contributed by atoms with van der Waals surface area (Å²) < 4.78 is 7.35. The highest BCUT2D eigenvalue weighted by Crippen LogP contribution is 2.22. The number of pyridine rings is 1. The van der Waals surface area contributed by atoms with Crippen LogP contribution in [0.1, 0.15) is 17.3 Å². The van der Waals surface area contributed by atoms with Crippen molar-refractivity contribution in [1.29, 1.82) is 0 Å². The van der Waals surface area contributed by atoms with Crippen LogP contribution in [0.15, 0.2) is 91.3 Å². The van der Waals surface area contributed by atoms with Gasteiger partial charge in [-0.05, 0) is 29.3 Å². The molecule has 2 aromatic carbocycles. The molecule has 2 aromatic heterocycles. The maximum atomic E-state index is 12.5. The van der Waals surface area contributed by atoms with Gasteiger partial charge in [0.15, 0.2) is 0 Å². The van der Waals surface area contributed by atoms with Crippen LogP contribution in [0.25, 0.3) is 11.0 Å². The maximum Gasteiger partial charge on any atom is 0.409 e. The first-order chi connectivity index (χ1) is 13.3. The minimum atomic E-state index is -0.481. The molecule has 4 rings (SSSR count). The van der Waals surface area contributed by atoms with Crippen LogP contribution in [0.4, 0.5) is 4.79 Å². The fourth-order valence-corrected chi connectivity index (χ4v) is 3.02. The topological polar surface area (TPSA) is 56.2 Å². The van der Waals surface area contributed by atoms with E-state index < -0.39 is 12.3 Å². The fourth-order valence-electron chi connectivity index (χ4n) is 3.02. The molecule has 0 fully saturated rings. The Morgan fingerprint density at radius 3 is 2.48 bits per heavy atom. The summed E-state index contributed by atoms with van der Waals surface area (Å²) >= 11 is 0. The number of fused-ring (bicyclic) bond motifs is 1. The Labute approximate surface area is 157 Å². The van der Waals surface area contributed by atoms with Crippen molar-refractivity contribution in [2.75, 3.05) is 0 Å². The van der Waals surface area contributed by atoms with E-state index in [1.54, 1.807) is 6.20 Å². The van der Waals surface area contributed by atoms with Crippen LogP contribution in [0.5, 0.6) is 0 Å². The van der Waals surface area contributed by atoms with Gasteiger partial charge in [-0.1, -0.05) is 60.7 Å². The molecule has 134 valence electrons. The largest absolute Gasteiger partial charge is 0.445 e. The standard InChI is InChI=1S/C22H19N3O2/c26-22(27-16-17-8-3-1-4-9-17)24-21(18-10-5-2-6-11-18)25-15-13-19-12-7-14-23-20(19)25/h1-15,21H,16H2,(H,24,26). The van der Waals surface area contributed by atoms with Gasteiger partial charge in [0.2, 0.25) is 0 Å². The highest BCUT2D eigenvalue weighted by atomic mass is 16.5. The first-order valence-electron chi connectivity index (χ1n) is 8.75. The van der Waals surface area contributed by atoms with E-state index in [2.05, 4.69) is 10.3 Å². The van der Waals surface area contributed by atoms with E-state index in [1.165, 1.54) is 0 Å². The number of ether oxygens (including phenoxy) is 1. The molecule has 27 heavy (non-hydrogen) atoms. The van der Waals surface area contributed by atoms with Gasteiger partial charge in [-0.2, -0.15) is 0 Å². The van der Waals surface area contributed by atoms with Crippen LogP contribution >= 0.6 is 0 Å². The molecule has 0 aliphatic carbocycles. The zero-order valence-electron chi connectivity index (χ0n) is 14.7. The summed E-state index contributed by atoms with van der Waals surface area (Å²) in [6.07, 6.45) is 2.77. The molecule has 0 radical (unpaired) electrons. The zero-order chi connectivity index (χ0) is 18.5. The summed E-state index contributed by atoms with van der Waals surface area (Å²) in [6, 6.07) is 25.2. The summed E-state index contributed by atoms with van der Waals surface area (Å²) in [5.41, 5.74) is 2.68. The molecular weight excluding hydrogens is 338 g/mol. The quantitative estimate of drug-likeness (QED) is 0.572. The normalized spacial score (nSPS) is 11.9. The maximum absolute atomic E-state index is 12.5. The van der Waals surface area contributed by atoms with Gasteiger partial charge in [0, 0.05) is 17.8 Å². The van der Waals surface area contributed by atoms with Gasteiger partial charge in [0.1, 0.15) is 18.4 Å². The molecule has 1 N–H and O–H groups in total. The van der Waals surface area contributed by atoms with Crippen LogP contribution in [0.3, 0.4) is 0 Å². The number of nitrogens with one attached hydrogen (secondary N) is 1. The molecule has 0 spiro atoms. The van der Waals surface area contributed by atoms with E-state index in [0.29, 0.717) is 0 Å². The van der Waals surface area contributed by atoms with Gasteiger partial charge < -0.3 is 9.30 Å². The van der Waals surface area contributed by atoms with Gasteiger partial charge in [0.05, 0.1) is 0 Å². The number of carbonyl (C=O) groups is 1. The molecule has 2 heterocycles. The van der Waals surface area contributed by atoms with Crippen LogP contribution in [0, 0.1) is 0 Å². The summed E-state index contributed by atoms with van der Waals surface area (Å²) in [5, 5.41) is 3.97. The van der Waals surface area contributed by atoms with Crippen molar-refractivity contribution in [3.63, 3.8) is 0 Å². The first kappa shape index (κ1) is 16.8. The van der Waals surface area contributed by atoms with E-state index in [4.69, 9.17) is 4.74 Å². The second kappa shape index (κ2) is 7.74. The molecule has 0 saturated heterocycles. The van der Waals surface area contributed by atoms with Crippen LogP contribution < -0.4 is 5.32 Å². The van der Waals surface area contributed by atoms with Crippen LogP contribution in [-0.2, 0) is 11.3 Å². The van der Waals surface area contributed by atoms with Crippen LogP contribution in [0.2, 0.25) is 0 Å². The Hall–Kier alpha value is -3.60. The highest BCUT2D eigenvalue weighted by Gasteiger charge is 2.19. The minimum absolute atomic E-state index is 0.221.